The third-order valence-corrected chi connectivity index (χ3v) is 3.83. The molecule has 0 aliphatic heterocycles. The Morgan fingerprint density at radius 1 is 0.333 bits per heavy atom. The maximum absolute atomic E-state index is 13.4. The van der Waals surface area contributed by atoms with Crippen molar-refractivity contribution in [3.05, 3.63) is 58.2 Å². The third-order valence-electron chi connectivity index (χ3n) is 2.60. The molecule has 2 aromatic carbocycles. The minimum absolute atomic E-state index is 0. The maximum atomic E-state index is 13.4. The van der Waals surface area contributed by atoms with Crippen molar-refractivity contribution in [3.8, 4) is 0 Å². The number of halogens is 11. The average Bonchev–Trinajstić information content (AvgIpc) is 2.54. The molecule has 2 aromatic rings. The standard InChI is InChI=1S/C12F10P.ClH/c13-1-3(15)7(19)11(8(20)4(1)16)23-12-9(21)5(17)2(14)6(18)10(12)22;/h;1H. The fraction of sp³-hybridized carbons (Fsp3) is 0. The maximum Gasteiger partial charge on any atom is 0.200 e. The quantitative estimate of drug-likeness (QED) is 0.303. The van der Waals surface area contributed by atoms with Crippen LogP contribution in [0.25, 0.3) is 0 Å². The Morgan fingerprint density at radius 2 is 0.500 bits per heavy atom. The van der Waals surface area contributed by atoms with Crippen LogP contribution in [0.2, 0.25) is 0 Å². The van der Waals surface area contributed by atoms with Gasteiger partial charge in [-0.05, 0) is 0 Å². The first-order chi connectivity index (χ1) is 10.6. The normalized spacial score (nSPS) is 10.8. The van der Waals surface area contributed by atoms with Crippen LogP contribution in [-0.4, -0.2) is 0 Å². The molecule has 0 heterocycles. The van der Waals surface area contributed by atoms with Crippen molar-refractivity contribution in [1.82, 2.24) is 0 Å². The largest absolute Gasteiger partial charge is 0.203 e. The zero-order chi connectivity index (χ0) is 17.6. The SMILES string of the molecule is Cl.Fc1c(F)c(F)c([P]c2c(F)c(F)c(F)c(F)c2F)c(F)c1F. The third kappa shape index (κ3) is 3.04. The van der Waals surface area contributed by atoms with E-state index in [9.17, 15) is 43.9 Å². The predicted octanol–water partition coefficient (Wildman–Crippen LogP) is 4.40. The van der Waals surface area contributed by atoms with Crippen LogP contribution in [0.15, 0.2) is 0 Å². The van der Waals surface area contributed by atoms with Gasteiger partial charge in [0.15, 0.2) is 46.5 Å². The molecule has 131 valence electrons. The Kier molecular flexibility index (Phi) is 6.10. The highest BCUT2D eigenvalue weighted by atomic mass is 35.5. The monoisotopic (exact) mass is 401 g/mol. The van der Waals surface area contributed by atoms with Crippen LogP contribution in [0, 0.1) is 58.2 Å². The molecule has 1 radical (unpaired) electrons. The molecule has 0 aromatic heterocycles. The van der Waals surface area contributed by atoms with Crippen LogP contribution in [0.1, 0.15) is 0 Å². The smallest absolute Gasteiger partial charge is 0.200 e. The molecule has 12 heteroatoms. The van der Waals surface area contributed by atoms with Gasteiger partial charge in [-0.25, -0.2) is 43.9 Å². The van der Waals surface area contributed by atoms with E-state index in [1.54, 1.807) is 0 Å². The van der Waals surface area contributed by atoms with Gasteiger partial charge in [0.25, 0.3) is 0 Å². The number of benzene rings is 2. The summed E-state index contributed by atoms with van der Waals surface area (Å²) in [6.07, 6.45) is 0. The highest BCUT2D eigenvalue weighted by Gasteiger charge is 2.31. The van der Waals surface area contributed by atoms with Gasteiger partial charge in [-0.2, -0.15) is 0 Å². The van der Waals surface area contributed by atoms with Gasteiger partial charge in [0.2, 0.25) is 11.6 Å². The molecule has 24 heavy (non-hydrogen) atoms. The van der Waals surface area contributed by atoms with Gasteiger partial charge in [0, 0.05) is 8.58 Å². The van der Waals surface area contributed by atoms with Crippen molar-refractivity contribution in [2.75, 3.05) is 0 Å². The van der Waals surface area contributed by atoms with Crippen molar-refractivity contribution >= 4 is 31.6 Å². The van der Waals surface area contributed by atoms with E-state index in [2.05, 4.69) is 0 Å². The fourth-order valence-corrected chi connectivity index (χ4v) is 2.50. The predicted molar refractivity (Wildman–Crippen MR) is 65.9 cm³/mol. The lowest BCUT2D eigenvalue weighted by Crippen LogP contribution is -2.23. The van der Waals surface area contributed by atoms with Crippen molar-refractivity contribution < 1.29 is 43.9 Å². The zero-order valence-corrected chi connectivity index (χ0v) is 12.3. The Bertz CT molecular complexity index is 697. The van der Waals surface area contributed by atoms with E-state index in [0.717, 1.165) is 0 Å². The number of hydrogen-bond acceptors (Lipinski definition) is 0. The van der Waals surface area contributed by atoms with Crippen molar-refractivity contribution in [1.29, 1.82) is 0 Å². The summed E-state index contributed by atoms with van der Waals surface area (Å²) in [6.45, 7) is 0. The lowest BCUT2D eigenvalue weighted by molar-refractivity contribution is 0.383. The van der Waals surface area contributed by atoms with E-state index >= 15 is 0 Å². The molecule has 0 atom stereocenters. The molecule has 0 N–H and O–H groups in total. The molecule has 0 fully saturated rings. The summed E-state index contributed by atoms with van der Waals surface area (Å²) in [7, 11) is -1.43. The molecular weight excluding hydrogens is 401 g/mol. The first-order valence-electron chi connectivity index (χ1n) is 5.34. The Morgan fingerprint density at radius 3 is 0.708 bits per heavy atom. The molecule has 0 spiro atoms. The van der Waals surface area contributed by atoms with E-state index in [1.807, 2.05) is 0 Å². The fourth-order valence-electron chi connectivity index (χ4n) is 1.49. The Labute approximate surface area is 134 Å². The molecule has 0 nitrogen and oxygen atoms in total. The minimum atomic E-state index is -2.53. The van der Waals surface area contributed by atoms with Gasteiger partial charge in [0.1, 0.15) is 0 Å². The van der Waals surface area contributed by atoms with Gasteiger partial charge >= 0.3 is 0 Å². The van der Waals surface area contributed by atoms with E-state index < -0.39 is 77.4 Å². The van der Waals surface area contributed by atoms with Crippen LogP contribution in [0.5, 0.6) is 0 Å². The van der Waals surface area contributed by atoms with Crippen LogP contribution in [-0.2, 0) is 0 Å². The van der Waals surface area contributed by atoms with E-state index in [-0.39, 0.29) is 12.4 Å². The molecule has 0 amide bonds. The van der Waals surface area contributed by atoms with Gasteiger partial charge in [-0.1, -0.05) is 0 Å². The van der Waals surface area contributed by atoms with Crippen LogP contribution >= 0.6 is 21.0 Å². The molecular formula is C12HClF10P. The first kappa shape index (κ1) is 20.5. The van der Waals surface area contributed by atoms with Crippen molar-refractivity contribution in [2.45, 2.75) is 0 Å². The number of hydrogen-bond donors (Lipinski definition) is 0. The van der Waals surface area contributed by atoms with E-state index in [0.29, 0.717) is 0 Å². The van der Waals surface area contributed by atoms with E-state index in [1.165, 1.54) is 0 Å². The topological polar surface area (TPSA) is 0 Å². The van der Waals surface area contributed by atoms with Gasteiger partial charge in [0.05, 0.1) is 10.6 Å². The molecule has 0 aliphatic rings. The molecule has 0 saturated carbocycles. The molecule has 0 bridgehead atoms. The zero-order valence-electron chi connectivity index (χ0n) is 10.6. The highest BCUT2D eigenvalue weighted by Crippen LogP contribution is 2.27. The first-order valence-corrected chi connectivity index (χ1v) is 6.23. The summed E-state index contributed by atoms with van der Waals surface area (Å²) in [5, 5.41) is -3.52. The lowest BCUT2D eigenvalue weighted by Gasteiger charge is -2.10. The lowest BCUT2D eigenvalue weighted by atomic mass is 10.3. The summed E-state index contributed by atoms with van der Waals surface area (Å²) in [5.74, 6) is -24.6. The highest BCUT2D eigenvalue weighted by molar-refractivity contribution is 7.55. The second-order valence-corrected chi connectivity index (χ2v) is 5.07. The Balaban J connectivity index is 0.00000288. The van der Waals surface area contributed by atoms with Crippen molar-refractivity contribution in [3.63, 3.8) is 0 Å². The van der Waals surface area contributed by atoms with Gasteiger partial charge in [-0.15, -0.1) is 12.4 Å². The minimum Gasteiger partial charge on any atom is -0.203 e. The van der Waals surface area contributed by atoms with Gasteiger partial charge in [-0.3, -0.25) is 0 Å². The second kappa shape index (κ2) is 7.14. The summed E-state index contributed by atoms with van der Waals surface area (Å²) < 4.78 is 131. The average molecular weight is 402 g/mol. The molecule has 0 saturated heterocycles. The second-order valence-electron chi connectivity index (χ2n) is 3.95. The summed E-state index contributed by atoms with van der Waals surface area (Å²) >= 11 is 0. The van der Waals surface area contributed by atoms with E-state index in [4.69, 9.17) is 0 Å². The summed E-state index contributed by atoms with van der Waals surface area (Å²) in [5.41, 5.74) is 0. The van der Waals surface area contributed by atoms with Crippen LogP contribution in [0.4, 0.5) is 43.9 Å². The van der Waals surface area contributed by atoms with Crippen LogP contribution in [0.3, 0.4) is 0 Å². The number of rotatable bonds is 2. The van der Waals surface area contributed by atoms with Crippen molar-refractivity contribution in [2.24, 2.45) is 0 Å². The molecule has 0 aliphatic carbocycles. The molecule has 0 unspecified atom stereocenters. The summed E-state index contributed by atoms with van der Waals surface area (Å²) in [6, 6.07) is 0. The molecule has 2 rings (SSSR count). The summed E-state index contributed by atoms with van der Waals surface area (Å²) in [4.78, 5) is 0. The Hall–Kier alpha value is -1.54. The van der Waals surface area contributed by atoms with Gasteiger partial charge < -0.3 is 0 Å². The van der Waals surface area contributed by atoms with Crippen LogP contribution < -0.4 is 10.6 Å².